The normalized spacial score (nSPS) is 9.90. The number of hydrogen-bond acceptors (Lipinski definition) is 3. The fourth-order valence-electron chi connectivity index (χ4n) is 0.162. The van der Waals surface area contributed by atoms with E-state index in [9.17, 15) is 13.2 Å². The molecule has 0 aliphatic heterocycles. The van der Waals surface area contributed by atoms with E-state index in [0.717, 1.165) is 14.0 Å². The Morgan fingerprint density at radius 3 is 1.90 bits per heavy atom. The zero-order valence-electron chi connectivity index (χ0n) is 7.03. The number of amides is 1. The molecule has 56 valence electrons. The van der Waals surface area contributed by atoms with E-state index in [-0.39, 0.29) is 35.3 Å². The van der Waals surface area contributed by atoms with Crippen LogP contribution in [-0.2, 0) is 15.1 Å². The molecule has 0 saturated carbocycles. The van der Waals surface area contributed by atoms with Gasteiger partial charge in [0.1, 0.15) is 0 Å². The number of carbonyl (C=O) groups is 1. The molecule has 0 bridgehead atoms. The van der Waals surface area contributed by atoms with E-state index in [1.54, 1.807) is 0 Å². The summed E-state index contributed by atoms with van der Waals surface area (Å²) in [6, 6.07) is 0. The Labute approximate surface area is 83.1 Å². The molecule has 0 rings (SSSR count). The summed E-state index contributed by atoms with van der Waals surface area (Å²) in [4.78, 5) is 10.2. The molecular formula is C3H8NNaO4S. The quantitative estimate of drug-likeness (QED) is 0.331. The Morgan fingerprint density at radius 1 is 1.60 bits per heavy atom. The first-order chi connectivity index (χ1) is 3.85. The largest absolute Gasteiger partial charge is 1.00 e. The predicted molar refractivity (Wildman–Crippen MR) is 31.1 cm³/mol. The van der Waals surface area contributed by atoms with Crippen LogP contribution in [0.3, 0.4) is 0 Å². The van der Waals surface area contributed by atoms with Gasteiger partial charge in [-0.05, 0) is 0 Å². The number of rotatable bonds is 1. The van der Waals surface area contributed by atoms with Crippen molar-refractivity contribution in [2.75, 3.05) is 7.05 Å². The monoisotopic (exact) mass is 177 g/mol. The minimum Gasteiger partial charge on any atom is -1.00 e. The van der Waals surface area contributed by atoms with E-state index in [0.29, 0.717) is 0 Å². The summed E-state index contributed by atoms with van der Waals surface area (Å²) < 4.78 is 28.4. The van der Waals surface area contributed by atoms with Crippen LogP contribution >= 0.6 is 0 Å². The second-order valence-corrected chi connectivity index (χ2v) is 2.91. The van der Waals surface area contributed by atoms with Gasteiger partial charge in [-0.3, -0.25) is 9.35 Å². The minimum atomic E-state index is -4.32. The molecule has 0 saturated heterocycles. The fourth-order valence-corrected chi connectivity index (χ4v) is 0.487. The van der Waals surface area contributed by atoms with Gasteiger partial charge in [-0.25, -0.2) is 4.31 Å². The number of nitrogens with zero attached hydrogens (tertiary/aromatic N) is 1. The summed E-state index contributed by atoms with van der Waals surface area (Å²) in [6.45, 7) is 1.04. The Kier molecular flexibility index (Phi) is 5.59. The number of carbonyl (C=O) groups excluding carboxylic acids is 1. The third-order valence-electron chi connectivity index (χ3n) is 0.790. The van der Waals surface area contributed by atoms with E-state index >= 15 is 0 Å². The molecule has 0 radical (unpaired) electrons. The average Bonchev–Trinajstić information content (AvgIpc) is 1.62. The molecule has 5 nitrogen and oxygen atoms in total. The Bertz CT molecular complexity index is 215. The van der Waals surface area contributed by atoms with Crippen molar-refractivity contribution in [1.29, 1.82) is 0 Å². The van der Waals surface area contributed by atoms with E-state index in [1.807, 2.05) is 0 Å². The van der Waals surface area contributed by atoms with Crippen LogP contribution in [0.4, 0.5) is 0 Å². The van der Waals surface area contributed by atoms with E-state index in [4.69, 9.17) is 4.55 Å². The summed E-state index contributed by atoms with van der Waals surface area (Å²) in [6.07, 6.45) is 0. The van der Waals surface area contributed by atoms with Crippen LogP contribution in [0.15, 0.2) is 0 Å². The van der Waals surface area contributed by atoms with Gasteiger partial charge >= 0.3 is 39.9 Å². The van der Waals surface area contributed by atoms with E-state index in [1.165, 1.54) is 0 Å². The van der Waals surface area contributed by atoms with Gasteiger partial charge in [-0.15, -0.1) is 0 Å². The molecule has 0 aliphatic carbocycles. The van der Waals surface area contributed by atoms with Gasteiger partial charge in [0.15, 0.2) is 0 Å². The SMILES string of the molecule is CC(=O)N(C)S(=O)(=O)O.[H-].[Na+]. The predicted octanol–water partition coefficient (Wildman–Crippen LogP) is -3.62. The van der Waals surface area contributed by atoms with Gasteiger partial charge in [-0.2, -0.15) is 8.42 Å². The van der Waals surface area contributed by atoms with Crippen molar-refractivity contribution < 1.29 is 48.7 Å². The maximum absolute atomic E-state index is 10.2. The second kappa shape index (κ2) is 4.30. The molecule has 0 fully saturated rings. The molecule has 0 atom stereocenters. The van der Waals surface area contributed by atoms with Gasteiger partial charge in [0.25, 0.3) is 0 Å². The summed E-state index contributed by atoms with van der Waals surface area (Å²) in [5.41, 5.74) is 0. The van der Waals surface area contributed by atoms with Gasteiger partial charge in [0, 0.05) is 14.0 Å². The summed E-state index contributed by atoms with van der Waals surface area (Å²) in [5, 5.41) is 0. The van der Waals surface area contributed by atoms with Crippen molar-refractivity contribution in [2.24, 2.45) is 0 Å². The smallest absolute Gasteiger partial charge is 1.00 e. The van der Waals surface area contributed by atoms with Gasteiger partial charge in [0.05, 0.1) is 0 Å². The molecule has 0 heterocycles. The number of hydrogen-bond donors (Lipinski definition) is 1. The molecule has 0 aromatic rings. The maximum atomic E-state index is 10.2. The Hall–Kier alpha value is 0.380. The molecule has 0 aromatic heterocycles. The minimum absolute atomic E-state index is 0. The summed E-state index contributed by atoms with van der Waals surface area (Å²) in [7, 11) is -3.35. The second-order valence-electron chi connectivity index (χ2n) is 1.46. The average molecular weight is 177 g/mol. The van der Waals surface area contributed by atoms with Crippen molar-refractivity contribution in [2.45, 2.75) is 6.92 Å². The summed E-state index contributed by atoms with van der Waals surface area (Å²) in [5.74, 6) is -0.725. The van der Waals surface area contributed by atoms with Crippen molar-refractivity contribution >= 4 is 16.2 Å². The van der Waals surface area contributed by atoms with E-state index in [2.05, 4.69) is 0 Å². The Morgan fingerprint density at radius 2 is 1.90 bits per heavy atom. The molecule has 0 unspecified atom stereocenters. The topological polar surface area (TPSA) is 74.7 Å². The zero-order chi connectivity index (χ0) is 7.65. The molecule has 0 aromatic carbocycles. The zero-order valence-corrected chi connectivity index (χ0v) is 8.84. The van der Waals surface area contributed by atoms with Crippen molar-refractivity contribution in [3.05, 3.63) is 0 Å². The van der Waals surface area contributed by atoms with Crippen LogP contribution in [0.2, 0.25) is 0 Å². The third-order valence-corrected chi connectivity index (χ3v) is 1.74. The van der Waals surface area contributed by atoms with Crippen LogP contribution in [0.1, 0.15) is 8.35 Å². The first-order valence-electron chi connectivity index (χ1n) is 2.07. The van der Waals surface area contributed by atoms with Gasteiger partial charge < -0.3 is 1.43 Å². The summed E-state index contributed by atoms with van der Waals surface area (Å²) >= 11 is 0. The van der Waals surface area contributed by atoms with Crippen LogP contribution in [0.5, 0.6) is 0 Å². The molecular weight excluding hydrogens is 169 g/mol. The standard InChI is InChI=1S/C3H7NO4S.Na.H/c1-3(5)4(2)9(6,7)8;;/h1-2H3,(H,6,7,8);;/q;+1;-1. The van der Waals surface area contributed by atoms with Crippen molar-refractivity contribution in [1.82, 2.24) is 4.31 Å². The molecule has 0 aliphatic rings. The van der Waals surface area contributed by atoms with Crippen LogP contribution in [0, 0.1) is 0 Å². The van der Waals surface area contributed by atoms with Crippen LogP contribution in [-0.4, -0.2) is 30.2 Å². The maximum Gasteiger partial charge on any atom is 1.00 e. The van der Waals surface area contributed by atoms with Gasteiger partial charge in [0.2, 0.25) is 5.91 Å². The molecule has 7 heteroatoms. The molecule has 1 N–H and O–H groups in total. The third kappa shape index (κ3) is 4.24. The molecule has 0 spiro atoms. The van der Waals surface area contributed by atoms with Gasteiger partial charge in [-0.1, -0.05) is 0 Å². The fraction of sp³-hybridized carbons (Fsp3) is 0.667. The Balaban J connectivity index is -0.000000320. The van der Waals surface area contributed by atoms with E-state index < -0.39 is 16.2 Å². The van der Waals surface area contributed by atoms with Crippen molar-refractivity contribution in [3.63, 3.8) is 0 Å². The first-order valence-corrected chi connectivity index (χ1v) is 3.47. The molecule has 10 heavy (non-hydrogen) atoms. The van der Waals surface area contributed by atoms with Crippen LogP contribution in [0.25, 0.3) is 0 Å². The molecule has 1 amide bonds. The van der Waals surface area contributed by atoms with Crippen LogP contribution < -0.4 is 29.6 Å². The van der Waals surface area contributed by atoms with Crippen molar-refractivity contribution in [3.8, 4) is 0 Å². The first kappa shape index (κ1) is 13.0.